The second kappa shape index (κ2) is 8.57. The lowest BCUT2D eigenvalue weighted by Crippen LogP contribution is -2.52. The van der Waals surface area contributed by atoms with E-state index >= 15 is 0 Å². The molecule has 2 aromatic rings. The van der Waals surface area contributed by atoms with Gasteiger partial charge >= 0.3 is 0 Å². The van der Waals surface area contributed by atoms with Crippen molar-refractivity contribution in [1.29, 1.82) is 0 Å². The van der Waals surface area contributed by atoms with Crippen LogP contribution in [0.3, 0.4) is 0 Å². The molecule has 7 nitrogen and oxygen atoms in total. The van der Waals surface area contributed by atoms with E-state index in [1.165, 1.54) is 11.1 Å². The average Bonchev–Trinajstić information content (AvgIpc) is 3.01. The fraction of sp³-hybridized carbons (Fsp3) is 0.364. The Morgan fingerprint density at radius 3 is 1.87 bits per heavy atom. The third-order valence-corrected chi connectivity index (χ3v) is 7.03. The molecule has 2 aliphatic rings. The lowest BCUT2D eigenvalue weighted by molar-refractivity contribution is -0.139. The van der Waals surface area contributed by atoms with E-state index in [0.29, 0.717) is 26.2 Å². The maximum absolute atomic E-state index is 12.6. The zero-order chi connectivity index (χ0) is 21.1. The van der Waals surface area contributed by atoms with Gasteiger partial charge in [-0.1, -0.05) is 60.7 Å². The van der Waals surface area contributed by atoms with Gasteiger partial charge in [0.2, 0.25) is 11.8 Å². The van der Waals surface area contributed by atoms with Crippen molar-refractivity contribution >= 4 is 21.7 Å². The first kappa shape index (κ1) is 20.6. The van der Waals surface area contributed by atoms with E-state index in [0.717, 1.165) is 4.90 Å². The fourth-order valence-corrected chi connectivity index (χ4v) is 5.51. The van der Waals surface area contributed by atoms with Crippen LogP contribution < -0.4 is 0 Å². The summed E-state index contributed by atoms with van der Waals surface area (Å²) in [5, 5.41) is 0. The first-order chi connectivity index (χ1) is 14.4. The number of amides is 2. The van der Waals surface area contributed by atoms with E-state index in [2.05, 4.69) is 29.2 Å². The second-order valence-electron chi connectivity index (χ2n) is 7.75. The van der Waals surface area contributed by atoms with E-state index < -0.39 is 21.5 Å². The van der Waals surface area contributed by atoms with Crippen molar-refractivity contribution < 1.29 is 18.0 Å². The number of hydrogen-bond donors (Lipinski definition) is 0. The molecular formula is C22H25N3O4S. The van der Waals surface area contributed by atoms with Gasteiger partial charge in [0, 0.05) is 26.2 Å². The van der Waals surface area contributed by atoms with Gasteiger partial charge in [0.1, 0.15) is 18.2 Å². The maximum Gasteiger partial charge on any atom is 0.242 e. The van der Waals surface area contributed by atoms with E-state index in [1.807, 2.05) is 36.4 Å². The molecule has 2 aliphatic heterocycles. The normalized spacial score (nSPS) is 19.4. The van der Waals surface area contributed by atoms with Crippen LogP contribution in [0.1, 0.15) is 17.2 Å². The van der Waals surface area contributed by atoms with Crippen molar-refractivity contribution in [2.45, 2.75) is 6.04 Å². The smallest absolute Gasteiger partial charge is 0.242 e. The summed E-state index contributed by atoms with van der Waals surface area (Å²) in [6, 6.07) is 20.7. The van der Waals surface area contributed by atoms with Crippen LogP contribution in [-0.4, -0.2) is 79.3 Å². The minimum atomic E-state index is -3.40. The molecule has 2 heterocycles. The highest BCUT2D eigenvalue weighted by molar-refractivity contribution is 7.92. The summed E-state index contributed by atoms with van der Waals surface area (Å²) in [6.07, 6.45) is 0. The number of rotatable bonds is 5. The summed E-state index contributed by atoms with van der Waals surface area (Å²) < 4.78 is 23.2. The first-order valence-corrected chi connectivity index (χ1v) is 11.8. The van der Waals surface area contributed by atoms with Gasteiger partial charge in [0.05, 0.1) is 6.04 Å². The Balaban J connectivity index is 1.42. The molecule has 8 heteroatoms. The highest BCUT2D eigenvalue weighted by Crippen LogP contribution is 2.29. The van der Waals surface area contributed by atoms with Crippen LogP contribution in [0, 0.1) is 0 Å². The lowest BCUT2D eigenvalue weighted by Gasteiger charge is -2.40. The van der Waals surface area contributed by atoms with Gasteiger partial charge in [-0.2, -0.15) is 0 Å². The molecule has 30 heavy (non-hydrogen) atoms. The Kier molecular flexibility index (Phi) is 5.87. The van der Waals surface area contributed by atoms with Gasteiger partial charge < -0.3 is 9.80 Å². The number of sulfone groups is 1. The Labute approximate surface area is 176 Å². The molecule has 4 rings (SSSR count). The second-order valence-corrected chi connectivity index (χ2v) is 9.78. The van der Waals surface area contributed by atoms with Crippen LogP contribution in [0.25, 0.3) is 0 Å². The standard InChI is InChI=1S/C22H25N3O4S/c26-20(15-25-17-30(28,29)16-21(25)27)23-11-13-24(14-12-23)22(18-7-3-1-4-8-18)19-9-5-2-6-10-19/h1-10,22H,11-17H2. The van der Waals surface area contributed by atoms with Crippen molar-refractivity contribution in [2.75, 3.05) is 44.4 Å². The zero-order valence-electron chi connectivity index (χ0n) is 16.7. The Bertz CT molecular complexity index is 964. The largest absolute Gasteiger partial charge is 0.339 e. The third-order valence-electron chi connectivity index (χ3n) is 5.64. The van der Waals surface area contributed by atoms with Crippen molar-refractivity contribution in [3.05, 3.63) is 71.8 Å². The third kappa shape index (κ3) is 4.55. The molecule has 0 aromatic heterocycles. The van der Waals surface area contributed by atoms with Gasteiger partial charge in [0.25, 0.3) is 0 Å². The topological polar surface area (TPSA) is 78.0 Å². The number of carbonyl (C=O) groups excluding carboxylic acids is 2. The quantitative estimate of drug-likeness (QED) is 0.715. The van der Waals surface area contributed by atoms with Gasteiger partial charge in [-0.3, -0.25) is 14.5 Å². The Morgan fingerprint density at radius 1 is 0.867 bits per heavy atom. The molecule has 158 valence electrons. The highest BCUT2D eigenvalue weighted by Gasteiger charge is 2.35. The fourth-order valence-electron chi connectivity index (χ4n) is 4.15. The molecule has 0 aliphatic carbocycles. The average molecular weight is 428 g/mol. The van der Waals surface area contributed by atoms with Gasteiger partial charge in [0.15, 0.2) is 9.84 Å². The van der Waals surface area contributed by atoms with Crippen molar-refractivity contribution in [1.82, 2.24) is 14.7 Å². The van der Waals surface area contributed by atoms with Crippen LogP contribution in [0.4, 0.5) is 0 Å². The van der Waals surface area contributed by atoms with Crippen LogP contribution in [0.2, 0.25) is 0 Å². The summed E-state index contributed by atoms with van der Waals surface area (Å²) in [7, 11) is -3.40. The van der Waals surface area contributed by atoms with Crippen LogP contribution in [0.5, 0.6) is 0 Å². The minimum Gasteiger partial charge on any atom is -0.339 e. The molecule has 0 radical (unpaired) electrons. The van der Waals surface area contributed by atoms with Crippen LogP contribution in [-0.2, 0) is 19.4 Å². The Morgan fingerprint density at radius 2 is 1.40 bits per heavy atom. The summed E-state index contributed by atoms with van der Waals surface area (Å²) in [6.45, 7) is 2.32. The summed E-state index contributed by atoms with van der Waals surface area (Å²) in [5.41, 5.74) is 2.41. The van der Waals surface area contributed by atoms with Gasteiger partial charge in [-0.15, -0.1) is 0 Å². The molecule has 2 aromatic carbocycles. The van der Waals surface area contributed by atoms with Crippen molar-refractivity contribution in [3.63, 3.8) is 0 Å². The van der Waals surface area contributed by atoms with Crippen LogP contribution >= 0.6 is 0 Å². The minimum absolute atomic E-state index is 0.106. The van der Waals surface area contributed by atoms with Crippen molar-refractivity contribution in [2.24, 2.45) is 0 Å². The predicted molar refractivity (Wildman–Crippen MR) is 113 cm³/mol. The highest BCUT2D eigenvalue weighted by atomic mass is 32.2. The van der Waals surface area contributed by atoms with E-state index in [-0.39, 0.29) is 24.4 Å². The number of piperazine rings is 1. The van der Waals surface area contributed by atoms with Gasteiger partial charge in [-0.05, 0) is 11.1 Å². The molecule has 0 bridgehead atoms. The number of nitrogens with zero attached hydrogens (tertiary/aromatic N) is 3. The van der Waals surface area contributed by atoms with E-state index in [9.17, 15) is 18.0 Å². The molecular weight excluding hydrogens is 402 g/mol. The maximum atomic E-state index is 12.6. The van der Waals surface area contributed by atoms with Crippen LogP contribution in [0.15, 0.2) is 60.7 Å². The molecule has 2 fully saturated rings. The molecule has 2 saturated heterocycles. The lowest BCUT2D eigenvalue weighted by atomic mass is 9.96. The summed E-state index contributed by atoms with van der Waals surface area (Å²) in [5.74, 6) is -1.54. The number of hydrogen-bond acceptors (Lipinski definition) is 5. The zero-order valence-corrected chi connectivity index (χ0v) is 17.5. The predicted octanol–water partition coefficient (Wildman–Crippen LogP) is 1.13. The van der Waals surface area contributed by atoms with Gasteiger partial charge in [-0.25, -0.2) is 8.42 Å². The number of benzene rings is 2. The molecule has 0 spiro atoms. The summed E-state index contributed by atoms with van der Waals surface area (Å²) >= 11 is 0. The monoisotopic (exact) mass is 427 g/mol. The molecule has 0 saturated carbocycles. The molecule has 0 N–H and O–H groups in total. The Hall–Kier alpha value is -2.71. The number of carbonyl (C=O) groups is 2. The molecule has 2 amide bonds. The first-order valence-electron chi connectivity index (χ1n) is 10.0. The molecule has 0 atom stereocenters. The van der Waals surface area contributed by atoms with E-state index in [4.69, 9.17) is 0 Å². The molecule has 0 unspecified atom stereocenters. The SMILES string of the molecule is O=C(CN1CS(=O)(=O)CC1=O)N1CCN(C(c2ccccc2)c2ccccc2)CC1. The van der Waals surface area contributed by atoms with Crippen molar-refractivity contribution in [3.8, 4) is 0 Å². The summed E-state index contributed by atoms with van der Waals surface area (Å²) in [4.78, 5) is 29.7. The van der Waals surface area contributed by atoms with E-state index in [1.54, 1.807) is 4.90 Å².